The van der Waals surface area contributed by atoms with Crippen LogP contribution in [0.3, 0.4) is 0 Å². The molecule has 0 N–H and O–H groups in total. The Labute approximate surface area is 117 Å². The van der Waals surface area contributed by atoms with Gasteiger partial charge in [-0.3, -0.25) is 4.90 Å². The molecule has 0 aliphatic carbocycles. The van der Waals surface area contributed by atoms with Crippen molar-refractivity contribution in [3.05, 3.63) is 24.1 Å². The van der Waals surface area contributed by atoms with E-state index in [0.717, 1.165) is 25.3 Å². The van der Waals surface area contributed by atoms with Gasteiger partial charge in [0.1, 0.15) is 6.10 Å². The lowest BCUT2D eigenvalue weighted by molar-refractivity contribution is 0.0698. The van der Waals surface area contributed by atoms with Crippen LogP contribution in [-0.4, -0.2) is 45.6 Å². The molecular formula is C14H19FN2OS. The predicted molar refractivity (Wildman–Crippen MR) is 75.1 cm³/mol. The number of nitrogens with zero attached hydrogens (tertiary/aromatic N) is 2. The summed E-state index contributed by atoms with van der Waals surface area (Å²) in [4.78, 5) is 6.43. The minimum absolute atomic E-state index is 0.0868. The molecule has 3 nitrogen and oxygen atoms in total. The van der Waals surface area contributed by atoms with Crippen LogP contribution in [0.25, 0.3) is 0 Å². The van der Waals surface area contributed by atoms with Gasteiger partial charge in [0, 0.05) is 42.2 Å². The molecule has 1 aromatic heterocycles. The van der Waals surface area contributed by atoms with Gasteiger partial charge in [0.15, 0.2) is 5.82 Å². The van der Waals surface area contributed by atoms with Gasteiger partial charge < -0.3 is 4.74 Å². The number of pyridine rings is 1. The summed E-state index contributed by atoms with van der Waals surface area (Å²) in [5.74, 6) is 0.707. The molecule has 0 bridgehead atoms. The minimum atomic E-state index is -0.370. The van der Waals surface area contributed by atoms with Crippen molar-refractivity contribution in [3.8, 4) is 5.88 Å². The van der Waals surface area contributed by atoms with Crippen molar-refractivity contribution in [1.29, 1.82) is 0 Å². The Kier molecular flexibility index (Phi) is 3.43. The minimum Gasteiger partial charge on any atom is -0.471 e. The van der Waals surface area contributed by atoms with Gasteiger partial charge >= 0.3 is 0 Å². The highest BCUT2D eigenvalue weighted by atomic mass is 32.2. The summed E-state index contributed by atoms with van der Waals surface area (Å²) < 4.78 is 19.5. The van der Waals surface area contributed by atoms with Gasteiger partial charge in [0.05, 0.1) is 0 Å². The fourth-order valence-electron chi connectivity index (χ4n) is 2.77. The first kappa shape index (κ1) is 13.2. The lowest BCUT2D eigenvalue weighted by Gasteiger charge is -2.49. The van der Waals surface area contributed by atoms with E-state index in [1.807, 2.05) is 11.8 Å². The number of aromatic nitrogens is 1. The largest absolute Gasteiger partial charge is 0.471 e. The molecule has 3 heterocycles. The Balaban J connectivity index is 1.57. The van der Waals surface area contributed by atoms with E-state index in [2.05, 4.69) is 23.7 Å². The predicted octanol–water partition coefficient (Wildman–Crippen LogP) is 2.57. The van der Waals surface area contributed by atoms with E-state index in [1.54, 1.807) is 12.3 Å². The van der Waals surface area contributed by atoms with Crippen LogP contribution in [0, 0.1) is 5.82 Å². The van der Waals surface area contributed by atoms with Crippen molar-refractivity contribution >= 4 is 11.8 Å². The van der Waals surface area contributed by atoms with Gasteiger partial charge in [-0.1, -0.05) is 0 Å². The standard InChI is InChI=1S/C14H19FN2OS/c1-10(2)17-8-14(9-17)6-11(7-19-14)18-13-12(15)4-3-5-16-13/h3-5,10-11H,6-9H2,1-2H3. The van der Waals surface area contributed by atoms with Crippen LogP contribution in [0.4, 0.5) is 4.39 Å². The molecular weight excluding hydrogens is 263 g/mol. The van der Waals surface area contributed by atoms with Crippen molar-refractivity contribution in [2.45, 2.75) is 37.2 Å². The molecule has 19 heavy (non-hydrogen) atoms. The molecule has 1 aromatic rings. The smallest absolute Gasteiger partial charge is 0.250 e. The second kappa shape index (κ2) is 4.94. The van der Waals surface area contributed by atoms with Crippen LogP contribution in [0.1, 0.15) is 20.3 Å². The fourth-order valence-corrected chi connectivity index (χ4v) is 4.32. The zero-order valence-corrected chi connectivity index (χ0v) is 12.1. The summed E-state index contributed by atoms with van der Waals surface area (Å²) in [6.07, 6.45) is 2.65. The van der Waals surface area contributed by atoms with Gasteiger partial charge in [-0.15, -0.1) is 11.8 Å². The first-order valence-corrected chi connectivity index (χ1v) is 7.72. The molecule has 2 aliphatic heterocycles. The maximum Gasteiger partial charge on any atom is 0.250 e. The highest BCUT2D eigenvalue weighted by Crippen LogP contribution is 2.46. The molecule has 2 aliphatic rings. The monoisotopic (exact) mass is 282 g/mol. The number of rotatable bonds is 3. The van der Waals surface area contributed by atoms with E-state index in [-0.39, 0.29) is 17.8 Å². The SMILES string of the molecule is CC(C)N1CC2(CC(Oc3ncccc3F)CS2)C1. The first-order chi connectivity index (χ1) is 9.08. The van der Waals surface area contributed by atoms with E-state index in [1.165, 1.54) is 6.07 Å². The first-order valence-electron chi connectivity index (χ1n) is 6.73. The Bertz CT molecular complexity index is 463. The summed E-state index contributed by atoms with van der Waals surface area (Å²) in [6, 6.07) is 3.59. The summed E-state index contributed by atoms with van der Waals surface area (Å²) in [5.41, 5.74) is 0. The van der Waals surface area contributed by atoms with Crippen LogP contribution < -0.4 is 4.74 Å². The number of hydrogen-bond donors (Lipinski definition) is 0. The van der Waals surface area contributed by atoms with Crippen LogP contribution in [0.5, 0.6) is 5.88 Å². The van der Waals surface area contributed by atoms with Crippen LogP contribution in [-0.2, 0) is 0 Å². The van der Waals surface area contributed by atoms with Crippen molar-refractivity contribution in [1.82, 2.24) is 9.88 Å². The van der Waals surface area contributed by atoms with E-state index in [4.69, 9.17) is 4.74 Å². The van der Waals surface area contributed by atoms with Crippen LogP contribution >= 0.6 is 11.8 Å². The number of halogens is 1. The molecule has 3 rings (SSSR count). The van der Waals surface area contributed by atoms with Gasteiger partial charge in [-0.25, -0.2) is 9.37 Å². The molecule has 1 atom stereocenters. The van der Waals surface area contributed by atoms with Gasteiger partial charge in [-0.2, -0.15) is 0 Å². The van der Waals surface area contributed by atoms with Gasteiger partial charge in [-0.05, 0) is 26.0 Å². The van der Waals surface area contributed by atoms with Crippen molar-refractivity contribution < 1.29 is 9.13 Å². The molecule has 0 aromatic carbocycles. The zero-order valence-electron chi connectivity index (χ0n) is 11.3. The van der Waals surface area contributed by atoms with Gasteiger partial charge in [0.2, 0.25) is 0 Å². The number of ether oxygens (including phenoxy) is 1. The lowest BCUT2D eigenvalue weighted by atomic mass is 9.92. The van der Waals surface area contributed by atoms with E-state index >= 15 is 0 Å². The number of likely N-dealkylation sites (tertiary alicyclic amines) is 1. The third-order valence-corrected chi connectivity index (χ3v) is 5.47. The highest BCUT2D eigenvalue weighted by molar-refractivity contribution is 8.01. The fraction of sp³-hybridized carbons (Fsp3) is 0.643. The third kappa shape index (κ3) is 2.58. The average Bonchev–Trinajstić information content (AvgIpc) is 2.74. The van der Waals surface area contributed by atoms with Gasteiger partial charge in [0.25, 0.3) is 5.88 Å². The van der Waals surface area contributed by atoms with Crippen LogP contribution in [0.2, 0.25) is 0 Å². The van der Waals surface area contributed by atoms with Crippen molar-refractivity contribution in [2.75, 3.05) is 18.8 Å². The average molecular weight is 282 g/mol. The molecule has 5 heteroatoms. The second-order valence-electron chi connectivity index (χ2n) is 5.73. The highest BCUT2D eigenvalue weighted by Gasteiger charge is 2.50. The third-order valence-electron chi connectivity index (χ3n) is 3.89. The molecule has 0 saturated carbocycles. The summed E-state index contributed by atoms with van der Waals surface area (Å²) in [5, 5.41) is 0. The topological polar surface area (TPSA) is 25.4 Å². The molecule has 0 amide bonds. The second-order valence-corrected chi connectivity index (χ2v) is 7.22. The van der Waals surface area contributed by atoms with Crippen molar-refractivity contribution in [2.24, 2.45) is 0 Å². The Morgan fingerprint density at radius 3 is 3.00 bits per heavy atom. The lowest BCUT2D eigenvalue weighted by Crippen LogP contribution is -2.61. The van der Waals surface area contributed by atoms with E-state index in [0.29, 0.717) is 10.8 Å². The normalized spacial score (nSPS) is 25.8. The zero-order chi connectivity index (χ0) is 13.5. The molecule has 2 saturated heterocycles. The number of hydrogen-bond acceptors (Lipinski definition) is 4. The van der Waals surface area contributed by atoms with Crippen molar-refractivity contribution in [3.63, 3.8) is 0 Å². The summed E-state index contributed by atoms with van der Waals surface area (Å²) >= 11 is 1.97. The Morgan fingerprint density at radius 2 is 2.32 bits per heavy atom. The Hall–Kier alpha value is -0.810. The summed E-state index contributed by atoms with van der Waals surface area (Å²) in [6.45, 7) is 6.70. The number of thioether (sulfide) groups is 1. The molecule has 104 valence electrons. The van der Waals surface area contributed by atoms with E-state index in [9.17, 15) is 4.39 Å². The quantitative estimate of drug-likeness (QED) is 0.851. The molecule has 0 radical (unpaired) electrons. The van der Waals surface area contributed by atoms with Crippen LogP contribution in [0.15, 0.2) is 18.3 Å². The Morgan fingerprint density at radius 1 is 1.53 bits per heavy atom. The van der Waals surface area contributed by atoms with E-state index < -0.39 is 0 Å². The maximum absolute atomic E-state index is 13.5. The summed E-state index contributed by atoms with van der Waals surface area (Å²) in [7, 11) is 0. The molecule has 2 fully saturated rings. The molecule has 1 spiro atoms. The molecule has 1 unspecified atom stereocenters. The maximum atomic E-state index is 13.5.